The summed E-state index contributed by atoms with van der Waals surface area (Å²) in [5.41, 5.74) is 2.50. The number of nitrogens with one attached hydrogen (secondary N) is 2. The lowest BCUT2D eigenvalue weighted by Crippen LogP contribution is -2.31. The molecule has 0 aliphatic heterocycles. The van der Waals surface area contributed by atoms with Gasteiger partial charge in [0.25, 0.3) is 0 Å². The summed E-state index contributed by atoms with van der Waals surface area (Å²) < 4.78 is 2.74. The number of carbonyl (C=O) groups is 1. The maximum atomic E-state index is 12.5. The highest BCUT2D eigenvalue weighted by Gasteiger charge is 2.29. The van der Waals surface area contributed by atoms with Crippen LogP contribution >= 0.6 is 15.9 Å². The average molecular weight is 414 g/mol. The summed E-state index contributed by atoms with van der Waals surface area (Å²) in [6.45, 7) is 0. The first-order chi connectivity index (χ1) is 12.6. The molecule has 1 saturated carbocycles. The van der Waals surface area contributed by atoms with Crippen LogP contribution in [0.3, 0.4) is 0 Å². The Hall–Kier alpha value is -2.34. The molecule has 1 amide bonds. The molecule has 3 aromatic rings. The number of rotatable bonds is 3. The number of H-pyrrole nitrogens is 1. The third-order valence-electron chi connectivity index (χ3n) is 5.18. The lowest BCUT2D eigenvalue weighted by atomic mass is 9.85. The maximum absolute atomic E-state index is 12.5. The van der Waals surface area contributed by atoms with Crippen molar-refractivity contribution in [3.05, 3.63) is 63.5 Å². The molecule has 1 aliphatic rings. The Morgan fingerprint density at radius 2 is 1.77 bits per heavy atom. The van der Waals surface area contributed by atoms with E-state index in [-0.39, 0.29) is 23.6 Å². The Balaban J connectivity index is 1.47. The number of nitrogens with zero attached hydrogens (tertiary/aromatic N) is 1. The van der Waals surface area contributed by atoms with Gasteiger partial charge in [0.2, 0.25) is 5.91 Å². The number of fused-ring (bicyclic) bond motifs is 1. The van der Waals surface area contributed by atoms with E-state index in [4.69, 9.17) is 0 Å². The van der Waals surface area contributed by atoms with Gasteiger partial charge in [0, 0.05) is 22.1 Å². The van der Waals surface area contributed by atoms with E-state index in [1.165, 1.54) is 0 Å². The van der Waals surface area contributed by atoms with Crippen LogP contribution in [0.25, 0.3) is 11.0 Å². The molecule has 6 heteroatoms. The summed E-state index contributed by atoms with van der Waals surface area (Å²) in [7, 11) is 0. The normalized spacial score (nSPS) is 20.2. The number of aromatic nitrogens is 2. The van der Waals surface area contributed by atoms with Crippen LogP contribution in [0.2, 0.25) is 0 Å². The van der Waals surface area contributed by atoms with Gasteiger partial charge in [-0.3, -0.25) is 9.36 Å². The number of benzene rings is 2. The van der Waals surface area contributed by atoms with Crippen LogP contribution in [-0.2, 0) is 4.79 Å². The number of imidazole rings is 1. The van der Waals surface area contributed by atoms with Gasteiger partial charge >= 0.3 is 5.69 Å². The molecule has 1 aliphatic carbocycles. The predicted molar refractivity (Wildman–Crippen MR) is 106 cm³/mol. The number of hydrogen-bond donors (Lipinski definition) is 2. The van der Waals surface area contributed by atoms with Crippen LogP contribution in [0.5, 0.6) is 0 Å². The van der Waals surface area contributed by atoms with Crippen LogP contribution in [-0.4, -0.2) is 15.5 Å². The zero-order chi connectivity index (χ0) is 18.1. The number of aromatic amines is 1. The number of amides is 1. The summed E-state index contributed by atoms with van der Waals surface area (Å²) in [5, 5.41) is 2.99. The van der Waals surface area contributed by atoms with Gasteiger partial charge in [-0.05, 0) is 65.9 Å². The predicted octanol–water partition coefficient (Wildman–Crippen LogP) is 4.46. The molecule has 1 aromatic heterocycles. The fourth-order valence-corrected chi connectivity index (χ4v) is 4.29. The number of hydrogen-bond acceptors (Lipinski definition) is 2. The molecule has 0 spiro atoms. The Morgan fingerprint density at radius 3 is 2.50 bits per heavy atom. The minimum Gasteiger partial charge on any atom is -0.326 e. The summed E-state index contributed by atoms with van der Waals surface area (Å²) in [5.74, 6) is 0.0720. The van der Waals surface area contributed by atoms with Crippen LogP contribution < -0.4 is 11.0 Å². The highest BCUT2D eigenvalue weighted by atomic mass is 79.9. The number of anilines is 1. The van der Waals surface area contributed by atoms with Crippen LogP contribution in [0, 0.1) is 5.92 Å². The molecule has 26 heavy (non-hydrogen) atoms. The molecule has 4 rings (SSSR count). The van der Waals surface area contributed by atoms with Crippen molar-refractivity contribution < 1.29 is 4.79 Å². The van der Waals surface area contributed by atoms with Crippen LogP contribution in [0.1, 0.15) is 31.7 Å². The molecule has 0 unspecified atom stereocenters. The van der Waals surface area contributed by atoms with Gasteiger partial charge in [-0.1, -0.05) is 24.3 Å². The van der Waals surface area contributed by atoms with Gasteiger partial charge in [0.1, 0.15) is 0 Å². The summed E-state index contributed by atoms with van der Waals surface area (Å²) in [6.07, 6.45) is 3.23. The summed E-state index contributed by atoms with van der Waals surface area (Å²) >= 11 is 3.49. The first-order valence-corrected chi connectivity index (χ1v) is 9.67. The number of halogens is 1. The van der Waals surface area contributed by atoms with E-state index in [1.807, 2.05) is 53.1 Å². The van der Waals surface area contributed by atoms with Crippen molar-refractivity contribution in [3.8, 4) is 0 Å². The van der Waals surface area contributed by atoms with E-state index in [0.717, 1.165) is 46.9 Å². The van der Waals surface area contributed by atoms with Crippen LogP contribution in [0.15, 0.2) is 57.8 Å². The minimum absolute atomic E-state index is 0.000833. The second kappa shape index (κ2) is 7.11. The van der Waals surface area contributed by atoms with E-state index < -0.39 is 0 Å². The molecule has 2 aromatic carbocycles. The fraction of sp³-hybridized carbons (Fsp3) is 0.300. The van der Waals surface area contributed by atoms with Gasteiger partial charge in [-0.25, -0.2) is 4.79 Å². The van der Waals surface area contributed by atoms with Gasteiger partial charge in [0.05, 0.1) is 11.0 Å². The van der Waals surface area contributed by atoms with Crippen molar-refractivity contribution in [2.75, 3.05) is 5.32 Å². The van der Waals surface area contributed by atoms with E-state index in [9.17, 15) is 9.59 Å². The van der Waals surface area contributed by atoms with Gasteiger partial charge < -0.3 is 10.3 Å². The number of para-hydroxylation sites is 2. The fourth-order valence-electron chi connectivity index (χ4n) is 3.84. The topological polar surface area (TPSA) is 66.9 Å². The molecule has 0 saturated heterocycles. The molecule has 0 bridgehead atoms. The Morgan fingerprint density at radius 1 is 1.04 bits per heavy atom. The third-order valence-corrected chi connectivity index (χ3v) is 5.84. The molecule has 1 fully saturated rings. The second-order valence-corrected chi connectivity index (χ2v) is 7.65. The highest BCUT2D eigenvalue weighted by molar-refractivity contribution is 9.10. The van der Waals surface area contributed by atoms with Crippen molar-refractivity contribution in [1.82, 2.24) is 9.55 Å². The maximum Gasteiger partial charge on any atom is 0.326 e. The number of carbonyl (C=O) groups excluding carboxylic acids is 1. The average Bonchev–Trinajstić information content (AvgIpc) is 3.00. The molecule has 134 valence electrons. The van der Waals surface area contributed by atoms with Crippen molar-refractivity contribution in [2.45, 2.75) is 31.7 Å². The molecule has 2 N–H and O–H groups in total. The van der Waals surface area contributed by atoms with Gasteiger partial charge in [-0.15, -0.1) is 0 Å². The lowest BCUT2D eigenvalue weighted by Gasteiger charge is -2.28. The molecule has 1 heterocycles. The zero-order valence-electron chi connectivity index (χ0n) is 14.2. The Bertz CT molecular complexity index is 985. The van der Waals surface area contributed by atoms with Gasteiger partial charge in [-0.2, -0.15) is 0 Å². The van der Waals surface area contributed by atoms with E-state index >= 15 is 0 Å². The quantitative estimate of drug-likeness (QED) is 0.665. The van der Waals surface area contributed by atoms with Crippen molar-refractivity contribution in [3.63, 3.8) is 0 Å². The molecule has 0 radical (unpaired) electrons. The van der Waals surface area contributed by atoms with Crippen molar-refractivity contribution >= 4 is 38.6 Å². The van der Waals surface area contributed by atoms with E-state index in [1.54, 1.807) is 0 Å². The lowest BCUT2D eigenvalue weighted by molar-refractivity contribution is -0.121. The van der Waals surface area contributed by atoms with Gasteiger partial charge in [0.15, 0.2) is 0 Å². The molecule has 0 atom stereocenters. The Labute approximate surface area is 159 Å². The first-order valence-electron chi connectivity index (χ1n) is 8.88. The monoisotopic (exact) mass is 413 g/mol. The highest BCUT2D eigenvalue weighted by Crippen LogP contribution is 2.34. The van der Waals surface area contributed by atoms with E-state index in [0.29, 0.717) is 0 Å². The molecule has 5 nitrogen and oxygen atoms in total. The SMILES string of the molecule is O=c1[nH]c2c(Br)cccc2n1[C@H]1CC[C@@H](C(=O)Nc2ccccc2)CC1. The largest absolute Gasteiger partial charge is 0.326 e. The third kappa shape index (κ3) is 3.21. The van der Waals surface area contributed by atoms with Crippen molar-refractivity contribution in [2.24, 2.45) is 5.92 Å². The second-order valence-electron chi connectivity index (χ2n) is 6.79. The summed E-state index contributed by atoms with van der Waals surface area (Å²) in [6, 6.07) is 15.5. The standard InChI is InChI=1S/C20H20BrN3O2/c21-16-7-4-8-17-18(16)23-20(26)24(17)15-11-9-13(10-12-15)19(25)22-14-5-2-1-3-6-14/h1-8,13,15H,9-12H2,(H,22,25)(H,23,26)/t13-,15+. The van der Waals surface area contributed by atoms with E-state index in [2.05, 4.69) is 26.2 Å². The van der Waals surface area contributed by atoms with Crippen molar-refractivity contribution in [1.29, 1.82) is 0 Å². The minimum atomic E-state index is -0.0795. The molecular weight excluding hydrogens is 394 g/mol. The summed E-state index contributed by atoms with van der Waals surface area (Å²) in [4.78, 5) is 27.9. The first kappa shape index (κ1) is 17.1. The van der Waals surface area contributed by atoms with Crippen LogP contribution in [0.4, 0.5) is 5.69 Å². The zero-order valence-corrected chi connectivity index (χ0v) is 15.8. The molecular formula is C20H20BrN3O2. The Kier molecular flexibility index (Phi) is 4.68. The smallest absolute Gasteiger partial charge is 0.326 e.